The first kappa shape index (κ1) is 19.5. The van der Waals surface area contributed by atoms with Crippen molar-refractivity contribution in [1.29, 1.82) is 5.26 Å². The summed E-state index contributed by atoms with van der Waals surface area (Å²) < 4.78 is 4.92. The van der Waals surface area contributed by atoms with Crippen molar-refractivity contribution >= 4 is 23.7 Å². The minimum absolute atomic E-state index is 0.103. The number of nitrogens with zero attached hydrogens (tertiary/aromatic N) is 2. The van der Waals surface area contributed by atoms with E-state index in [9.17, 15) is 24.4 Å². The second-order valence-corrected chi connectivity index (χ2v) is 7.04. The molecule has 0 bridgehead atoms. The summed E-state index contributed by atoms with van der Waals surface area (Å²) in [5.74, 6) is -2.02. The fraction of sp³-hybridized carbons (Fsp3) is 0.450. The van der Waals surface area contributed by atoms with Crippen molar-refractivity contribution in [2.75, 3.05) is 13.2 Å². The Kier molecular flexibility index (Phi) is 5.73. The van der Waals surface area contributed by atoms with Crippen LogP contribution in [0, 0.1) is 11.3 Å². The number of hydrogen-bond donors (Lipinski definition) is 1. The average molecular weight is 383 g/mol. The van der Waals surface area contributed by atoms with Crippen molar-refractivity contribution in [3.63, 3.8) is 0 Å². The second kappa shape index (κ2) is 8.21. The van der Waals surface area contributed by atoms with Gasteiger partial charge in [0.05, 0.1) is 18.9 Å². The Labute approximate surface area is 162 Å². The average Bonchev–Trinajstić information content (AvgIpc) is 3.15. The van der Waals surface area contributed by atoms with Crippen LogP contribution in [-0.2, 0) is 25.5 Å². The Balaban J connectivity index is 1.47. The molecule has 2 aliphatic rings. The highest BCUT2D eigenvalue weighted by Crippen LogP contribution is 2.28. The normalized spacial score (nSPS) is 17.6. The predicted molar refractivity (Wildman–Crippen MR) is 96.7 cm³/mol. The summed E-state index contributed by atoms with van der Waals surface area (Å²) in [5, 5.41) is 11.9. The molecule has 1 aromatic rings. The van der Waals surface area contributed by atoms with Gasteiger partial charge in [-0.2, -0.15) is 5.26 Å². The number of fused-ring (bicyclic) bond motifs is 1. The molecule has 1 aliphatic heterocycles. The summed E-state index contributed by atoms with van der Waals surface area (Å²) in [6.45, 7) is -0.596. The maximum Gasteiger partial charge on any atom is 0.308 e. The van der Waals surface area contributed by atoms with E-state index >= 15 is 0 Å². The predicted octanol–water partition coefficient (Wildman–Crippen LogP) is 1.10. The molecule has 0 aromatic heterocycles. The largest absolute Gasteiger partial charge is 0.456 e. The summed E-state index contributed by atoms with van der Waals surface area (Å²) in [4.78, 5) is 49.5. The van der Waals surface area contributed by atoms with Crippen LogP contribution in [0.25, 0.3) is 0 Å². The summed E-state index contributed by atoms with van der Waals surface area (Å²) in [5.41, 5.74) is 0.253. The van der Waals surface area contributed by atoms with Crippen LogP contribution in [0.15, 0.2) is 24.3 Å². The van der Waals surface area contributed by atoms with Crippen LogP contribution in [0.4, 0.5) is 0 Å². The standard InChI is InChI=1S/C20H21N3O5/c21-13-20(8-3-4-9-20)22-16(24)12-28-18(26)7-10-23-17(25)11-14-5-1-2-6-15(14)19(23)27/h1-2,5-6H,3-4,7-12H2,(H,22,24). The first-order valence-corrected chi connectivity index (χ1v) is 9.25. The lowest BCUT2D eigenvalue weighted by atomic mass is 9.98. The Hall–Kier alpha value is -3.21. The Morgan fingerprint density at radius 1 is 1.21 bits per heavy atom. The smallest absolute Gasteiger partial charge is 0.308 e. The molecule has 0 atom stereocenters. The summed E-state index contributed by atoms with van der Waals surface area (Å²) in [6, 6.07) is 8.99. The highest BCUT2D eigenvalue weighted by Gasteiger charge is 2.35. The highest BCUT2D eigenvalue weighted by atomic mass is 16.5. The van der Waals surface area contributed by atoms with Gasteiger partial charge in [0.2, 0.25) is 5.91 Å². The lowest BCUT2D eigenvalue weighted by Crippen LogP contribution is -2.47. The van der Waals surface area contributed by atoms with Crippen LogP contribution in [0.1, 0.15) is 48.0 Å². The fourth-order valence-electron chi connectivity index (χ4n) is 3.59. The van der Waals surface area contributed by atoms with E-state index < -0.39 is 29.9 Å². The highest BCUT2D eigenvalue weighted by molar-refractivity contribution is 6.09. The van der Waals surface area contributed by atoms with Crippen molar-refractivity contribution in [1.82, 2.24) is 10.2 Å². The van der Waals surface area contributed by atoms with E-state index in [1.54, 1.807) is 24.3 Å². The first-order chi connectivity index (χ1) is 13.4. The SMILES string of the molecule is N#CC1(NC(=O)COC(=O)CCN2C(=O)Cc3ccccc3C2=O)CCCC1. The molecular weight excluding hydrogens is 362 g/mol. The fourth-order valence-corrected chi connectivity index (χ4v) is 3.59. The molecule has 1 aromatic carbocycles. The number of nitriles is 1. The molecule has 0 unspecified atom stereocenters. The number of esters is 1. The third-order valence-electron chi connectivity index (χ3n) is 5.09. The molecule has 1 N–H and O–H groups in total. The molecule has 3 rings (SSSR count). The van der Waals surface area contributed by atoms with Crippen LogP contribution in [0.2, 0.25) is 0 Å². The second-order valence-electron chi connectivity index (χ2n) is 7.04. The zero-order valence-electron chi connectivity index (χ0n) is 15.4. The molecule has 1 saturated carbocycles. The van der Waals surface area contributed by atoms with Crippen LogP contribution in [-0.4, -0.2) is 47.3 Å². The minimum Gasteiger partial charge on any atom is -0.456 e. The Morgan fingerprint density at radius 2 is 1.93 bits per heavy atom. The molecule has 0 radical (unpaired) electrons. The Morgan fingerprint density at radius 3 is 2.64 bits per heavy atom. The molecule has 1 fully saturated rings. The van der Waals surface area contributed by atoms with Crippen LogP contribution < -0.4 is 5.32 Å². The van der Waals surface area contributed by atoms with E-state index in [-0.39, 0.29) is 25.3 Å². The van der Waals surface area contributed by atoms with Crippen molar-refractivity contribution in [2.45, 2.75) is 44.1 Å². The number of nitrogens with one attached hydrogen (secondary N) is 1. The third-order valence-corrected chi connectivity index (χ3v) is 5.09. The maximum atomic E-state index is 12.4. The zero-order chi connectivity index (χ0) is 20.1. The van der Waals surface area contributed by atoms with Crippen molar-refractivity contribution in [3.05, 3.63) is 35.4 Å². The van der Waals surface area contributed by atoms with Gasteiger partial charge >= 0.3 is 5.97 Å². The molecule has 1 aliphatic carbocycles. The van der Waals surface area contributed by atoms with Gasteiger partial charge in [-0.25, -0.2) is 0 Å². The van der Waals surface area contributed by atoms with E-state index in [2.05, 4.69) is 11.4 Å². The van der Waals surface area contributed by atoms with Gasteiger partial charge in [-0.15, -0.1) is 0 Å². The molecular formula is C20H21N3O5. The zero-order valence-corrected chi connectivity index (χ0v) is 15.4. The number of hydrogen-bond acceptors (Lipinski definition) is 6. The Bertz CT molecular complexity index is 852. The van der Waals surface area contributed by atoms with Crippen molar-refractivity contribution in [2.24, 2.45) is 0 Å². The molecule has 28 heavy (non-hydrogen) atoms. The van der Waals surface area contributed by atoms with E-state index in [0.29, 0.717) is 24.0 Å². The molecule has 0 spiro atoms. The van der Waals surface area contributed by atoms with Gasteiger partial charge in [0.15, 0.2) is 6.61 Å². The summed E-state index contributed by atoms with van der Waals surface area (Å²) >= 11 is 0. The van der Waals surface area contributed by atoms with E-state index in [0.717, 1.165) is 17.7 Å². The molecule has 1 heterocycles. The van der Waals surface area contributed by atoms with Crippen molar-refractivity contribution in [3.8, 4) is 6.07 Å². The lowest BCUT2D eigenvalue weighted by molar-refractivity contribution is -0.149. The van der Waals surface area contributed by atoms with Gasteiger partial charge in [-0.05, 0) is 37.3 Å². The van der Waals surface area contributed by atoms with E-state index in [1.165, 1.54) is 0 Å². The minimum atomic E-state index is -0.872. The van der Waals surface area contributed by atoms with Gasteiger partial charge in [-0.1, -0.05) is 18.2 Å². The number of carbonyl (C=O) groups excluding carboxylic acids is 4. The molecule has 3 amide bonds. The van der Waals surface area contributed by atoms with Crippen molar-refractivity contribution < 1.29 is 23.9 Å². The summed E-state index contributed by atoms with van der Waals surface area (Å²) in [6.07, 6.45) is 2.82. The molecule has 146 valence electrons. The van der Waals surface area contributed by atoms with Crippen LogP contribution in [0.5, 0.6) is 0 Å². The van der Waals surface area contributed by atoms with Gasteiger partial charge in [0.1, 0.15) is 5.54 Å². The monoisotopic (exact) mass is 383 g/mol. The number of carbonyl (C=O) groups is 4. The van der Waals surface area contributed by atoms with Crippen LogP contribution in [0.3, 0.4) is 0 Å². The number of amides is 3. The summed E-state index contributed by atoms with van der Waals surface area (Å²) in [7, 11) is 0. The molecule has 8 nitrogen and oxygen atoms in total. The number of rotatable bonds is 6. The molecule has 8 heteroatoms. The number of imide groups is 1. The third kappa shape index (κ3) is 4.19. The quantitative estimate of drug-likeness (QED) is 0.581. The van der Waals surface area contributed by atoms with Gasteiger partial charge in [0.25, 0.3) is 11.8 Å². The molecule has 0 saturated heterocycles. The lowest BCUT2D eigenvalue weighted by Gasteiger charge is -2.26. The van der Waals surface area contributed by atoms with E-state index in [1.807, 2.05) is 0 Å². The van der Waals surface area contributed by atoms with Gasteiger partial charge in [-0.3, -0.25) is 24.1 Å². The van der Waals surface area contributed by atoms with Crippen LogP contribution >= 0.6 is 0 Å². The topological polar surface area (TPSA) is 117 Å². The number of benzene rings is 1. The van der Waals surface area contributed by atoms with E-state index in [4.69, 9.17) is 4.74 Å². The van der Waals surface area contributed by atoms with Gasteiger partial charge in [0, 0.05) is 12.1 Å². The first-order valence-electron chi connectivity index (χ1n) is 9.25. The number of ether oxygens (including phenoxy) is 1. The maximum absolute atomic E-state index is 12.4. The van der Waals surface area contributed by atoms with Gasteiger partial charge < -0.3 is 10.1 Å².